The molecule has 0 radical (unpaired) electrons. The van der Waals surface area contributed by atoms with Gasteiger partial charge in [-0.2, -0.15) is 0 Å². The van der Waals surface area contributed by atoms with Gasteiger partial charge in [0.1, 0.15) is 0 Å². The van der Waals surface area contributed by atoms with Crippen molar-refractivity contribution in [3.63, 3.8) is 0 Å². The molecule has 0 aromatic heterocycles. The molecule has 3 unspecified atom stereocenters. The second kappa shape index (κ2) is 14.5. The van der Waals surface area contributed by atoms with E-state index in [1.165, 1.54) is 10.5 Å². The fraction of sp³-hybridized carbons (Fsp3) is 0.591. The predicted molar refractivity (Wildman–Crippen MR) is 110 cm³/mol. The third-order valence-electron chi connectivity index (χ3n) is 4.01. The van der Waals surface area contributed by atoms with Crippen molar-refractivity contribution >= 4 is 5.91 Å². The Hall–Kier alpha value is -1.65. The maximum absolute atomic E-state index is 11.4. The Kier molecular flexibility index (Phi) is 13.6. The van der Waals surface area contributed by atoms with Gasteiger partial charge in [0.05, 0.1) is 12.2 Å². The quantitative estimate of drug-likeness (QED) is 0.407. The first kappa shape index (κ1) is 24.4. The summed E-state index contributed by atoms with van der Waals surface area (Å²) in [4.78, 5) is 13.0. The van der Waals surface area contributed by atoms with E-state index >= 15 is 0 Å². The van der Waals surface area contributed by atoms with E-state index in [9.17, 15) is 15.0 Å². The Bertz CT molecular complexity index is 500. The van der Waals surface area contributed by atoms with Crippen LogP contribution in [0.2, 0.25) is 0 Å². The van der Waals surface area contributed by atoms with Crippen LogP contribution in [-0.2, 0) is 4.79 Å². The second-order valence-corrected chi connectivity index (χ2v) is 7.32. The van der Waals surface area contributed by atoms with Crippen LogP contribution in [0.25, 0.3) is 0 Å². The van der Waals surface area contributed by atoms with Gasteiger partial charge in [-0.25, -0.2) is 0 Å². The lowest BCUT2D eigenvalue weighted by Gasteiger charge is -2.12. The highest BCUT2D eigenvalue weighted by Gasteiger charge is 2.07. The van der Waals surface area contributed by atoms with Crippen LogP contribution in [-0.4, -0.2) is 47.3 Å². The fourth-order valence-corrected chi connectivity index (χ4v) is 2.37. The molecule has 148 valence electrons. The van der Waals surface area contributed by atoms with Gasteiger partial charge in [0.15, 0.2) is 0 Å². The highest BCUT2D eigenvalue weighted by Crippen LogP contribution is 2.14. The standard InChI is InChI=1S/C22H37NO3/c1-18(2)11-10-12-19(3)17-21(25)14-9-7-6-8-13-20(24)15-16-22(26)23(4)5/h6-9,11,13-14,19-21,24-25H,10,12,15-17H2,1-5H3. The molecule has 0 saturated carbocycles. The van der Waals surface area contributed by atoms with Gasteiger partial charge in [0.25, 0.3) is 0 Å². The van der Waals surface area contributed by atoms with Crippen molar-refractivity contribution < 1.29 is 15.0 Å². The molecule has 0 aliphatic heterocycles. The SMILES string of the molecule is CC(C)=CCCC(C)CC(O)C=CC=CC=CC(O)CCC(=O)N(C)C. The number of carbonyl (C=O) groups excluding carboxylic acids is 1. The molecular formula is C22H37NO3. The van der Waals surface area contributed by atoms with E-state index in [-0.39, 0.29) is 5.91 Å². The third-order valence-corrected chi connectivity index (χ3v) is 4.01. The number of rotatable bonds is 12. The van der Waals surface area contributed by atoms with Crippen molar-refractivity contribution in [3.8, 4) is 0 Å². The Balaban J connectivity index is 4.04. The van der Waals surface area contributed by atoms with Gasteiger partial charge < -0.3 is 15.1 Å². The van der Waals surface area contributed by atoms with Crippen molar-refractivity contribution in [2.75, 3.05) is 14.1 Å². The van der Waals surface area contributed by atoms with Crippen LogP contribution in [0.5, 0.6) is 0 Å². The summed E-state index contributed by atoms with van der Waals surface area (Å²) in [6.45, 7) is 6.37. The van der Waals surface area contributed by atoms with E-state index in [1.54, 1.807) is 38.4 Å². The number of amides is 1. The normalized spacial score (nSPS) is 15.5. The van der Waals surface area contributed by atoms with Gasteiger partial charge in [-0.15, -0.1) is 0 Å². The number of aliphatic hydroxyl groups is 2. The minimum Gasteiger partial charge on any atom is -0.389 e. The first-order chi connectivity index (χ1) is 12.2. The zero-order chi connectivity index (χ0) is 19.9. The van der Waals surface area contributed by atoms with Crippen LogP contribution >= 0.6 is 0 Å². The summed E-state index contributed by atoms with van der Waals surface area (Å²) >= 11 is 0. The van der Waals surface area contributed by atoms with Crippen molar-refractivity contribution in [2.45, 2.75) is 65.1 Å². The van der Waals surface area contributed by atoms with Gasteiger partial charge in [-0.1, -0.05) is 55.0 Å². The fourth-order valence-electron chi connectivity index (χ4n) is 2.37. The summed E-state index contributed by atoms with van der Waals surface area (Å²) in [6.07, 6.45) is 15.5. The number of hydrogen-bond donors (Lipinski definition) is 2. The summed E-state index contributed by atoms with van der Waals surface area (Å²) < 4.78 is 0. The van der Waals surface area contributed by atoms with Crippen LogP contribution in [0.1, 0.15) is 52.9 Å². The van der Waals surface area contributed by atoms with Gasteiger partial charge in [-0.05, 0) is 45.4 Å². The van der Waals surface area contributed by atoms with Crippen LogP contribution in [0.15, 0.2) is 48.1 Å². The zero-order valence-corrected chi connectivity index (χ0v) is 17.1. The minimum atomic E-state index is -0.625. The van der Waals surface area contributed by atoms with Crippen molar-refractivity contribution in [3.05, 3.63) is 48.1 Å². The van der Waals surface area contributed by atoms with Gasteiger partial charge in [0.2, 0.25) is 5.91 Å². The first-order valence-corrected chi connectivity index (χ1v) is 9.43. The molecule has 4 nitrogen and oxygen atoms in total. The number of allylic oxidation sites excluding steroid dienone is 6. The lowest BCUT2D eigenvalue weighted by Crippen LogP contribution is -2.22. The van der Waals surface area contributed by atoms with Crippen LogP contribution < -0.4 is 0 Å². The Labute approximate surface area is 159 Å². The van der Waals surface area contributed by atoms with Crippen molar-refractivity contribution in [1.82, 2.24) is 4.90 Å². The average molecular weight is 364 g/mol. The van der Waals surface area contributed by atoms with E-state index < -0.39 is 12.2 Å². The number of aliphatic hydroxyl groups excluding tert-OH is 2. The lowest BCUT2D eigenvalue weighted by molar-refractivity contribution is -0.129. The molecule has 3 atom stereocenters. The van der Waals surface area contributed by atoms with E-state index in [0.717, 1.165) is 19.3 Å². The maximum atomic E-state index is 11.4. The molecule has 0 spiro atoms. The van der Waals surface area contributed by atoms with Crippen molar-refractivity contribution in [2.24, 2.45) is 5.92 Å². The monoisotopic (exact) mass is 363 g/mol. The van der Waals surface area contributed by atoms with Gasteiger partial charge >= 0.3 is 0 Å². The largest absolute Gasteiger partial charge is 0.389 e. The Morgan fingerprint density at radius 1 is 0.962 bits per heavy atom. The van der Waals surface area contributed by atoms with E-state index in [2.05, 4.69) is 26.8 Å². The molecule has 0 heterocycles. The molecule has 0 bridgehead atoms. The Morgan fingerprint density at radius 3 is 2.08 bits per heavy atom. The van der Waals surface area contributed by atoms with Crippen LogP contribution in [0.4, 0.5) is 0 Å². The molecule has 26 heavy (non-hydrogen) atoms. The van der Waals surface area contributed by atoms with Gasteiger partial charge in [-0.3, -0.25) is 4.79 Å². The van der Waals surface area contributed by atoms with Crippen LogP contribution in [0, 0.1) is 5.92 Å². The molecule has 0 aromatic carbocycles. The van der Waals surface area contributed by atoms with E-state index in [1.807, 2.05) is 12.2 Å². The minimum absolute atomic E-state index is 0.0139. The molecule has 0 aliphatic rings. The zero-order valence-electron chi connectivity index (χ0n) is 17.1. The summed E-state index contributed by atoms with van der Waals surface area (Å²) in [5.41, 5.74) is 1.34. The molecule has 0 aliphatic carbocycles. The predicted octanol–water partition coefficient (Wildman–Crippen LogP) is 4.02. The highest BCUT2D eigenvalue weighted by molar-refractivity contribution is 5.75. The van der Waals surface area contributed by atoms with Crippen LogP contribution in [0.3, 0.4) is 0 Å². The molecule has 0 rings (SSSR count). The molecule has 0 fully saturated rings. The number of hydrogen-bond acceptors (Lipinski definition) is 3. The number of nitrogens with zero attached hydrogens (tertiary/aromatic N) is 1. The van der Waals surface area contributed by atoms with Gasteiger partial charge in [0, 0.05) is 20.5 Å². The topological polar surface area (TPSA) is 60.8 Å². The lowest BCUT2D eigenvalue weighted by atomic mass is 9.97. The summed E-state index contributed by atoms with van der Waals surface area (Å²) in [5.74, 6) is 0.495. The van der Waals surface area contributed by atoms with E-state index in [0.29, 0.717) is 18.8 Å². The summed E-state index contributed by atoms with van der Waals surface area (Å²) in [7, 11) is 3.41. The molecule has 4 heteroatoms. The highest BCUT2D eigenvalue weighted by atomic mass is 16.3. The smallest absolute Gasteiger partial charge is 0.222 e. The molecule has 0 aromatic rings. The van der Waals surface area contributed by atoms with Crippen molar-refractivity contribution in [1.29, 1.82) is 0 Å². The third kappa shape index (κ3) is 14.7. The molecule has 2 N–H and O–H groups in total. The summed E-state index contributed by atoms with van der Waals surface area (Å²) in [6, 6.07) is 0. The Morgan fingerprint density at radius 2 is 1.54 bits per heavy atom. The summed E-state index contributed by atoms with van der Waals surface area (Å²) in [5, 5.41) is 19.8. The maximum Gasteiger partial charge on any atom is 0.222 e. The number of carbonyl (C=O) groups is 1. The first-order valence-electron chi connectivity index (χ1n) is 9.43. The average Bonchev–Trinajstić information content (AvgIpc) is 2.55. The second-order valence-electron chi connectivity index (χ2n) is 7.32. The van der Waals surface area contributed by atoms with E-state index in [4.69, 9.17) is 0 Å². The molecular weight excluding hydrogens is 326 g/mol. The molecule has 1 amide bonds. The molecule has 0 saturated heterocycles.